The first-order valence-electron chi connectivity index (χ1n) is 8.48. The Balaban J connectivity index is 1.34. The summed E-state index contributed by atoms with van der Waals surface area (Å²) in [4.78, 5) is 29.9. The summed E-state index contributed by atoms with van der Waals surface area (Å²) >= 11 is 0. The number of benzene rings is 1. The molecule has 2 saturated heterocycles. The number of hydrogen-bond donors (Lipinski definition) is 2. The fourth-order valence-corrected chi connectivity index (χ4v) is 3.41. The summed E-state index contributed by atoms with van der Waals surface area (Å²) in [6, 6.07) is 7.34. The lowest BCUT2D eigenvalue weighted by Gasteiger charge is -2.25. The summed E-state index contributed by atoms with van der Waals surface area (Å²) in [5.41, 5.74) is 1.02. The molecule has 1 spiro atoms. The normalized spacial score (nSPS) is 23.4. The maximum absolute atomic E-state index is 12.4. The van der Waals surface area contributed by atoms with Crippen LogP contribution in [0.2, 0.25) is 0 Å². The number of likely N-dealkylation sites (tertiary alicyclic amines) is 1. The van der Waals surface area contributed by atoms with E-state index in [0.29, 0.717) is 37.5 Å². The molecule has 25 heavy (non-hydrogen) atoms. The van der Waals surface area contributed by atoms with Crippen molar-refractivity contribution in [3.05, 3.63) is 30.2 Å². The number of ether oxygens (including phenoxy) is 1. The number of carbonyl (C=O) groups is 2. The van der Waals surface area contributed by atoms with Crippen molar-refractivity contribution in [2.45, 2.75) is 31.4 Å². The van der Waals surface area contributed by atoms with Gasteiger partial charge in [0, 0.05) is 19.5 Å². The highest BCUT2D eigenvalue weighted by Gasteiger charge is 2.41. The van der Waals surface area contributed by atoms with E-state index in [1.807, 2.05) is 24.3 Å². The van der Waals surface area contributed by atoms with Crippen molar-refractivity contribution in [2.75, 3.05) is 19.6 Å². The molecule has 2 N–H and O–H groups in total. The van der Waals surface area contributed by atoms with E-state index in [-0.39, 0.29) is 18.7 Å². The molecule has 4 rings (SSSR count). The Bertz CT molecular complexity index is 772. The van der Waals surface area contributed by atoms with Gasteiger partial charge in [-0.1, -0.05) is 12.1 Å². The van der Waals surface area contributed by atoms with Gasteiger partial charge in [-0.2, -0.15) is 0 Å². The van der Waals surface area contributed by atoms with E-state index in [2.05, 4.69) is 15.6 Å². The summed E-state index contributed by atoms with van der Waals surface area (Å²) in [7, 11) is 0. The molecule has 8 nitrogen and oxygen atoms in total. The second-order valence-corrected chi connectivity index (χ2v) is 6.50. The molecule has 2 aromatic rings. The average molecular weight is 344 g/mol. The molecule has 0 saturated carbocycles. The second-order valence-electron chi connectivity index (χ2n) is 6.50. The number of para-hydroxylation sites is 2. The van der Waals surface area contributed by atoms with Crippen molar-refractivity contribution in [1.29, 1.82) is 0 Å². The van der Waals surface area contributed by atoms with Gasteiger partial charge in [0.2, 0.25) is 5.89 Å². The molecule has 2 aliphatic rings. The van der Waals surface area contributed by atoms with Crippen LogP contribution in [-0.2, 0) is 11.3 Å². The van der Waals surface area contributed by atoms with E-state index < -0.39 is 5.60 Å². The monoisotopic (exact) mass is 344 g/mol. The number of urea groups is 1. The Hall–Kier alpha value is -2.77. The molecule has 132 valence electrons. The lowest BCUT2D eigenvalue weighted by molar-refractivity contribution is 0.0453. The van der Waals surface area contributed by atoms with E-state index >= 15 is 0 Å². The Kier molecular flexibility index (Phi) is 3.95. The number of rotatable bonds is 2. The minimum absolute atomic E-state index is 0.156. The lowest BCUT2D eigenvalue weighted by Crippen LogP contribution is -2.41. The van der Waals surface area contributed by atoms with Crippen molar-refractivity contribution in [1.82, 2.24) is 20.5 Å². The van der Waals surface area contributed by atoms with Crippen molar-refractivity contribution in [3.8, 4) is 0 Å². The molecule has 3 heterocycles. The third-order valence-corrected chi connectivity index (χ3v) is 4.78. The summed E-state index contributed by atoms with van der Waals surface area (Å²) in [6.45, 7) is 1.95. The fourth-order valence-electron chi connectivity index (χ4n) is 3.41. The Morgan fingerprint density at radius 3 is 3.00 bits per heavy atom. The van der Waals surface area contributed by atoms with Crippen molar-refractivity contribution in [3.63, 3.8) is 0 Å². The van der Waals surface area contributed by atoms with Crippen molar-refractivity contribution >= 4 is 23.2 Å². The summed E-state index contributed by atoms with van der Waals surface area (Å²) < 4.78 is 11.0. The van der Waals surface area contributed by atoms with Gasteiger partial charge in [-0.3, -0.25) is 0 Å². The molecule has 0 aliphatic carbocycles. The predicted octanol–water partition coefficient (Wildman–Crippen LogP) is 2.00. The SMILES string of the molecule is O=C1NCC2(CCCN(C(=O)NCc3nc4ccccc4o3)CC2)O1. The molecule has 2 fully saturated rings. The second kappa shape index (κ2) is 6.27. The van der Waals surface area contributed by atoms with Crippen LogP contribution in [0.15, 0.2) is 28.7 Å². The van der Waals surface area contributed by atoms with E-state index in [0.717, 1.165) is 18.4 Å². The van der Waals surface area contributed by atoms with E-state index in [1.54, 1.807) is 4.90 Å². The number of nitrogens with zero attached hydrogens (tertiary/aromatic N) is 2. The Morgan fingerprint density at radius 1 is 1.32 bits per heavy atom. The van der Waals surface area contributed by atoms with Gasteiger partial charge in [-0.25, -0.2) is 14.6 Å². The molecule has 1 atom stereocenters. The number of fused-ring (bicyclic) bond motifs is 1. The maximum atomic E-state index is 12.4. The van der Waals surface area contributed by atoms with Gasteiger partial charge >= 0.3 is 12.1 Å². The number of amides is 3. The molecule has 0 radical (unpaired) electrons. The highest BCUT2D eigenvalue weighted by atomic mass is 16.6. The smallest absolute Gasteiger partial charge is 0.407 e. The van der Waals surface area contributed by atoms with Gasteiger partial charge < -0.3 is 24.7 Å². The highest BCUT2D eigenvalue weighted by Crippen LogP contribution is 2.29. The predicted molar refractivity (Wildman–Crippen MR) is 88.9 cm³/mol. The molecule has 2 aliphatic heterocycles. The lowest BCUT2D eigenvalue weighted by atomic mass is 9.95. The number of nitrogens with one attached hydrogen (secondary N) is 2. The van der Waals surface area contributed by atoms with E-state index in [1.165, 1.54) is 0 Å². The number of carbonyl (C=O) groups excluding carboxylic acids is 2. The van der Waals surface area contributed by atoms with E-state index in [9.17, 15) is 9.59 Å². The molecule has 1 unspecified atom stereocenters. The van der Waals surface area contributed by atoms with Gasteiger partial charge in [0.1, 0.15) is 11.1 Å². The summed E-state index contributed by atoms with van der Waals surface area (Å²) in [5.74, 6) is 0.481. The van der Waals surface area contributed by atoms with Crippen LogP contribution in [0.1, 0.15) is 25.2 Å². The number of hydrogen-bond acceptors (Lipinski definition) is 5. The van der Waals surface area contributed by atoms with Crippen LogP contribution < -0.4 is 10.6 Å². The number of aromatic nitrogens is 1. The largest absolute Gasteiger partial charge is 0.441 e. The number of alkyl carbamates (subject to hydrolysis) is 1. The zero-order valence-electron chi connectivity index (χ0n) is 13.8. The summed E-state index contributed by atoms with van der Waals surface area (Å²) in [5, 5.41) is 5.56. The molecule has 1 aromatic heterocycles. The van der Waals surface area contributed by atoms with Crippen molar-refractivity contribution < 1.29 is 18.7 Å². The maximum Gasteiger partial charge on any atom is 0.407 e. The molecule has 0 bridgehead atoms. The van der Waals surface area contributed by atoms with Crippen LogP contribution >= 0.6 is 0 Å². The Morgan fingerprint density at radius 2 is 2.20 bits per heavy atom. The van der Waals surface area contributed by atoms with Crippen LogP contribution in [0.25, 0.3) is 11.1 Å². The molecule has 8 heteroatoms. The first kappa shape index (κ1) is 15.7. The molecular weight excluding hydrogens is 324 g/mol. The standard InChI is InChI=1S/C17H20N4O4/c22-15(18-10-14-20-12-4-1-2-5-13(12)24-14)21-8-3-6-17(7-9-21)11-19-16(23)25-17/h1-2,4-5H,3,6-11H2,(H,18,22)(H,19,23). The first-order chi connectivity index (χ1) is 12.1. The third-order valence-electron chi connectivity index (χ3n) is 4.78. The van der Waals surface area contributed by atoms with Crippen LogP contribution in [0.3, 0.4) is 0 Å². The topological polar surface area (TPSA) is 96.7 Å². The zero-order chi connectivity index (χ0) is 17.3. The Labute approximate surface area is 144 Å². The minimum Gasteiger partial charge on any atom is -0.441 e. The van der Waals surface area contributed by atoms with Gasteiger partial charge in [-0.05, 0) is 25.0 Å². The van der Waals surface area contributed by atoms with Crippen LogP contribution in [0, 0.1) is 0 Å². The van der Waals surface area contributed by atoms with Crippen LogP contribution in [0.5, 0.6) is 0 Å². The highest BCUT2D eigenvalue weighted by molar-refractivity contribution is 5.75. The molecule has 1 aromatic carbocycles. The van der Waals surface area contributed by atoms with Gasteiger partial charge in [0.05, 0.1) is 13.1 Å². The quantitative estimate of drug-likeness (QED) is 0.868. The van der Waals surface area contributed by atoms with Crippen LogP contribution in [-0.4, -0.2) is 47.2 Å². The number of oxazole rings is 1. The zero-order valence-corrected chi connectivity index (χ0v) is 13.8. The van der Waals surface area contributed by atoms with Gasteiger partial charge in [-0.15, -0.1) is 0 Å². The molecule has 3 amide bonds. The fraction of sp³-hybridized carbons (Fsp3) is 0.471. The molecular formula is C17H20N4O4. The minimum atomic E-state index is -0.466. The van der Waals surface area contributed by atoms with Crippen LogP contribution in [0.4, 0.5) is 9.59 Å². The van der Waals surface area contributed by atoms with Gasteiger partial charge in [0.15, 0.2) is 5.58 Å². The van der Waals surface area contributed by atoms with Gasteiger partial charge in [0.25, 0.3) is 0 Å². The summed E-state index contributed by atoms with van der Waals surface area (Å²) in [6.07, 6.45) is 1.84. The third kappa shape index (κ3) is 3.24. The average Bonchev–Trinajstić information content (AvgIpc) is 3.12. The first-order valence-corrected chi connectivity index (χ1v) is 8.48. The van der Waals surface area contributed by atoms with Crippen molar-refractivity contribution in [2.24, 2.45) is 0 Å². The van der Waals surface area contributed by atoms with E-state index in [4.69, 9.17) is 9.15 Å².